The number of amidine groups is 1. The number of amides is 2. The molecule has 0 spiro atoms. The number of aliphatic imine (C=N–C) groups is 1. The van der Waals surface area contributed by atoms with Gasteiger partial charge in [0.05, 0.1) is 23.2 Å². The lowest BCUT2D eigenvalue weighted by Crippen LogP contribution is -2.75. The number of para-hydroxylation sites is 2. The molecule has 2 aromatic rings. The molecule has 0 aliphatic carbocycles. The van der Waals surface area contributed by atoms with E-state index in [1.54, 1.807) is 23.5 Å². The van der Waals surface area contributed by atoms with Crippen LogP contribution in [0.25, 0.3) is 0 Å². The van der Waals surface area contributed by atoms with Crippen LogP contribution in [0.1, 0.15) is 38.5 Å². The highest BCUT2D eigenvalue weighted by atomic mass is 32.2. The van der Waals surface area contributed by atoms with Crippen LogP contribution in [0.15, 0.2) is 63.3 Å². The summed E-state index contributed by atoms with van der Waals surface area (Å²) in [5.74, 6) is 2.79. The zero-order valence-corrected chi connectivity index (χ0v) is 24.5. The predicted molar refractivity (Wildman–Crippen MR) is 166 cm³/mol. The van der Waals surface area contributed by atoms with E-state index in [9.17, 15) is 9.90 Å². The molecule has 0 saturated carbocycles. The number of nitrogens with one attached hydrogen (secondary N) is 5. The summed E-state index contributed by atoms with van der Waals surface area (Å²) in [7, 11) is 0. The molecule has 2 aromatic carbocycles. The zero-order chi connectivity index (χ0) is 27.6. The third kappa shape index (κ3) is 8.23. The summed E-state index contributed by atoms with van der Waals surface area (Å²) in [4.78, 5) is 25.3. The van der Waals surface area contributed by atoms with Crippen molar-refractivity contribution in [3.63, 3.8) is 0 Å². The van der Waals surface area contributed by atoms with E-state index in [4.69, 9.17) is 4.99 Å². The fourth-order valence-corrected chi connectivity index (χ4v) is 7.15. The predicted octanol–water partition coefficient (Wildman–Crippen LogP) is 3.47. The Bertz CT molecular complexity index is 1210. The molecule has 214 valence electrons. The SMILES string of the molecule is O=C1NCCCCCC[NH+]=C(O)Nc2ccccc2SC[C@H]2CCN3CC[C@H](CSc4ccccc4N1)NC3=N2. The van der Waals surface area contributed by atoms with E-state index in [1.165, 1.54) is 0 Å². The van der Waals surface area contributed by atoms with E-state index in [2.05, 4.69) is 43.3 Å². The quantitative estimate of drug-likeness (QED) is 0.282. The molecular formula is C29H40N7O2S2+. The largest absolute Gasteiger partial charge is 0.447 e. The number of benzene rings is 2. The van der Waals surface area contributed by atoms with E-state index < -0.39 is 0 Å². The number of anilines is 2. The zero-order valence-electron chi connectivity index (χ0n) is 22.8. The maximum absolute atomic E-state index is 12.5. The van der Waals surface area contributed by atoms with Crippen molar-refractivity contribution in [1.82, 2.24) is 15.5 Å². The minimum absolute atomic E-state index is 0.0704. The topological polar surface area (TPSA) is 115 Å². The fourth-order valence-electron chi connectivity index (χ4n) is 5.01. The van der Waals surface area contributed by atoms with Gasteiger partial charge in [0.2, 0.25) is 0 Å². The maximum Gasteiger partial charge on any atom is 0.444 e. The van der Waals surface area contributed by atoms with Gasteiger partial charge in [0.25, 0.3) is 0 Å². The molecule has 3 aliphatic heterocycles. The van der Waals surface area contributed by atoms with Crippen LogP contribution < -0.4 is 26.3 Å². The number of thioether (sulfide) groups is 2. The van der Waals surface area contributed by atoms with Crippen molar-refractivity contribution in [2.24, 2.45) is 4.99 Å². The normalized spacial score (nSPS) is 23.3. The molecule has 6 N–H and O–H groups in total. The third-order valence-corrected chi connectivity index (χ3v) is 9.70. The van der Waals surface area contributed by atoms with Gasteiger partial charge in [-0.05, 0) is 56.4 Å². The van der Waals surface area contributed by atoms with Gasteiger partial charge in [0, 0.05) is 42.1 Å². The van der Waals surface area contributed by atoms with Gasteiger partial charge in [0.1, 0.15) is 5.69 Å². The molecule has 40 heavy (non-hydrogen) atoms. The standard InChI is InChI=1S/C29H39N7O2S2/c37-28-30-15-7-1-2-8-16-31-29(38)35-24-10-4-6-12-26(24)40-20-22-14-18-36-17-13-21(32-27(36)33-22)19-39-25-11-5-3-9-23(25)34-28/h3-6,9-12,21-22H,1-2,7-8,13-20H2,(H,32,33)(H2,30,34,37)(H2,31,35,38)/p+1/t21-,22-/m1/s1. The first-order valence-electron chi connectivity index (χ1n) is 14.3. The minimum Gasteiger partial charge on any atom is -0.447 e. The van der Waals surface area contributed by atoms with Gasteiger partial charge in [0.15, 0.2) is 5.96 Å². The van der Waals surface area contributed by atoms with Gasteiger partial charge in [-0.1, -0.05) is 30.7 Å². The van der Waals surface area contributed by atoms with Gasteiger partial charge in [-0.25, -0.2) is 20.1 Å². The van der Waals surface area contributed by atoms with Crippen LogP contribution in [0.2, 0.25) is 0 Å². The van der Waals surface area contributed by atoms with Gasteiger partial charge in [-0.15, -0.1) is 23.5 Å². The van der Waals surface area contributed by atoms with Crippen LogP contribution in [-0.4, -0.2) is 77.8 Å². The van der Waals surface area contributed by atoms with E-state index in [0.717, 1.165) is 90.2 Å². The summed E-state index contributed by atoms with van der Waals surface area (Å²) in [6.07, 6.45) is 5.98. The highest BCUT2D eigenvalue weighted by Crippen LogP contribution is 2.31. The summed E-state index contributed by atoms with van der Waals surface area (Å²) in [5, 5.41) is 23.3. The van der Waals surface area contributed by atoms with Crippen molar-refractivity contribution in [1.29, 1.82) is 0 Å². The summed E-state index contributed by atoms with van der Waals surface area (Å²) in [6.45, 7) is 3.33. The lowest BCUT2D eigenvalue weighted by Gasteiger charge is -2.39. The van der Waals surface area contributed by atoms with E-state index in [0.29, 0.717) is 19.1 Å². The Morgan fingerprint density at radius 1 is 0.875 bits per heavy atom. The van der Waals surface area contributed by atoms with Crippen molar-refractivity contribution in [2.75, 3.05) is 48.3 Å². The number of carbonyl (C=O) groups excluding carboxylic acids is 1. The maximum atomic E-state index is 12.5. The molecule has 3 aliphatic rings. The summed E-state index contributed by atoms with van der Waals surface area (Å²) >= 11 is 3.55. The molecule has 0 aromatic heterocycles. The van der Waals surface area contributed by atoms with Crippen molar-refractivity contribution < 1.29 is 14.9 Å². The fraction of sp³-hybridized carbons (Fsp3) is 0.483. The lowest BCUT2D eigenvalue weighted by atomic mass is 10.1. The molecule has 9 nitrogen and oxygen atoms in total. The number of guanidine groups is 1. The van der Waals surface area contributed by atoms with Crippen molar-refractivity contribution in [3.05, 3.63) is 48.5 Å². The first kappa shape index (κ1) is 28.5. The number of hydrogen-bond donors (Lipinski definition) is 6. The molecule has 3 heterocycles. The van der Waals surface area contributed by atoms with Crippen LogP contribution in [-0.2, 0) is 0 Å². The van der Waals surface area contributed by atoms with Crippen LogP contribution in [0.5, 0.6) is 0 Å². The first-order valence-corrected chi connectivity index (χ1v) is 16.3. The first-order chi connectivity index (χ1) is 19.6. The lowest BCUT2D eigenvalue weighted by molar-refractivity contribution is -0.466. The third-order valence-electron chi connectivity index (χ3n) is 7.25. The van der Waals surface area contributed by atoms with Crippen LogP contribution in [0.3, 0.4) is 0 Å². The molecule has 11 heteroatoms. The Labute approximate surface area is 245 Å². The Morgan fingerprint density at radius 2 is 1.57 bits per heavy atom. The molecule has 5 rings (SSSR count). The number of aliphatic hydroxyl groups is 1. The average Bonchev–Trinajstić information content (AvgIpc) is 2.97. The molecule has 1 fully saturated rings. The Balaban J connectivity index is 1.28. The smallest absolute Gasteiger partial charge is 0.444 e. The van der Waals surface area contributed by atoms with E-state index in [-0.39, 0.29) is 18.1 Å². The average molecular weight is 583 g/mol. The summed E-state index contributed by atoms with van der Waals surface area (Å²) in [6, 6.07) is 16.6. The Hall–Kier alpha value is -3.05. The van der Waals surface area contributed by atoms with Crippen molar-refractivity contribution in [3.8, 4) is 0 Å². The van der Waals surface area contributed by atoms with Gasteiger partial charge >= 0.3 is 12.1 Å². The van der Waals surface area contributed by atoms with E-state index in [1.807, 2.05) is 36.4 Å². The van der Waals surface area contributed by atoms with Gasteiger partial charge in [-0.3, -0.25) is 0 Å². The second-order valence-electron chi connectivity index (χ2n) is 10.3. The van der Waals surface area contributed by atoms with Gasteiger partial charge in [-0.2, -0.15) is 0 Å². The number of carbonyl (C=O) groups is 1. The second kappa shape index (κ2) is 14.5. The van der Waals surface area contributed by atoms with Crippen LogP contribution in [0.4, 0.5) is 16.2 Å². The molecule has 1 saturated heterocycles. The number of nitrogens with zero attached hydrogens (tertiary/aromatic N) is 2. The van der Waals surface area contributed by atoms with Crippen molar-refractivity contribution in [2.45, 2.75) is 60.4 Å². The summed E-state index contributed by atoms with van der Waals surface area (Å²) in [5.41, 5.74) is 1.74. The summed E-state index contributed by atoms with van der Waals surface area (Å²) < 4.78 is 0. The minimum atomic E-state index is -0.168. The molecule has 0 radical (unpaired) electrons. The number of rotatable bonds is 0. The highest BCUT2D eigenvalue weighted by molar-refractivity contribution is 7.99. The highest BCUT2D eigenvalue weighted by Gasteiger charge is 2.28. The monoisotopic (exact) mass is 582 g/mol. The number of hydrogen-bond acceptors (Lipinski definition) is 7. The molecule has 0 unspecified atom stereocenters. The Kier molecular flexibility index (Phi) is 10.4. The van der Waals surface area contributed by atoms with E-state index >= 15 is 0 Å². The Morgan fingerprint density at radius 3 is 2.40 bits per heavy atom. The number of urea groups is 1. The molecule has 2 atom stereocenters. The number of aliphatic hydroxyl groups excluding tert-OH is 1. The van der Waals surface area contributed by atoms with Gasteiger partial charge < -0.3 is 26.0 Å². The molecule has 3 bridgehead atoms. The second-order valence-corrected chi connectivity index (χ2v) is 12.4. The number of fused-ring (bicyclic) bond motifs is 4. The molecule has 2 amide bonds. The molecular weight excluding hydrogens is 543 g/mol. The van der Waals surface area contributed by atoms with Crippen LogP contribution in [0, 0.1) is 0 Å². The van der Waals surface area contributed by atoms with Crippen molar-refractivity contribution >= 4 is 52.9 Å². The van der Waals surface area contributed by atoms with Crippen LogP contribution >= 0.6 is 23.5 Å².